The Morgan fingerprint density at radius 3 is 2.30 bits per heavy atom. The molecule has 0 bridgehead atoms. The first kappa shape index (κ1) is 21.8. The van der Waals surface area contributed by atoms with Gasteiger partial charge in [-0.05, 0) is 25.0 Å². The average molecular weight is 378 g/mol. The van der Waals surface area contributed by atoms with Gasteiger partial charge in [-0.3, -0.25) is 14.6 Å². The first-order valence-corrected chi connectivity index (χ1v) is 8.13. The Balaban J connectivity index is 0.000000828. The van der Waals surface area contributed by atoms with Crippen molar-refractivity contribution >= 4 is 11.9 Å². The second-order valence-corrected chi connectivity index (χ2v) is 5.30. The van der Waals surface area contributed by atoms with Gasteiger partial charge in [0.25, 0.3) is 11.5 Å². The average Bonchev–Trinajstić information content (AvgIpc) is 2.66. The molecule has 10 heteroatoms. The number of H-pyrrole nitrogens is 2. The summed E-state index contributed by atoms with van der Waals surface area (Å²) in [6, 6.07) is 8.63. The first-order chi connectivity index (χ1) is 12.9. The van der Waals surface area contributed by atoms with E-state index in [0.29, 0.717) is 18.5 Å². The minimum Gasteiger partial charge on any atom is -0.477 e. The minimum atomic E-state index is -1.38. The quantitative estimate of drug-likeness (QED) is 0.336. The predicted octanol–water partition coefficient (Wildman–Crippen LogP) is -0.939. The number of aliphatic hydroxyl groups excluding tert-OH is 1. The molecule has 0 fully saturated rings. The number of carbonyl (C=O) groups is 2. The molecule has 0 saturated heterocycles. The lowest BCUT2D eigenvalue weighted by atomic mass is 10.1. The van der Waals surface area contributed by atoms with Gasteiger partial charge in [0.05, 0.1) is 6.61 Å². The number of carboxylic acid groups (broad SMARTS) is 1. The van der Waals surface area contributed by atoms with Crippen molar-refractivity contribution in [3.05, 3.63) is 68.0 Å². The number of benzene rings is 1. The maximum atomic E-state index is 11.8. The van der Waals surface area contributed by atoms with Gasteiger partial charge in [0.15, 0.2) is 0 Å². The summed E-state index contributed by atoms with van der Waals surface area (Å²) in [5, 5.41) is 19.4. The summed E-state index contributed by atoms with van der Waals surface area (Å²) in [6.45, 7) is 0.741. The molecule has 0 atom stereocenters. The van der Waals surface area contributed by atoms with Crippen molar-refractivity contribution in [1.82, 2.24) is 15.3 Å². The Morgan fingerprint density at radius 1 is 1.11 bits per heavy atom. The molecule has 7 N–H and O–H groups in total. The number of nitrogens with two attached hydrogens (primary N) is 1. The van der Waals surface area contributed by atoms with Crippen molar-refractivity contribution in [3.63, 3.8) is 0 Å². The van der Waals surface area contributed by atoms with Gasteiger partial charge in [-0.15, -0.1) is 0 Å². The van der Waals surface area contributed by atoms with Gasteiger partial charge in [-0.25, -0.2) is 9.59 Å². The number of hydrogen-bond acceptors (Lipinski definition) is 6. The molecular formula is C17H22N4O6. The highest BCUT2D eigenvalue weighted by atomic mass is 16.4. The van der Waals surface area contributed by atoms with Gasteiger partial charge in [0.1, 0.15) is 5.69 Å². The van der Waals surface area contributed by atoms with Crippen LogP contribution in [-0.2, 0) is 6.42 Å². The Kier molecular flexibility index (Phi) is 9.20. The second kappa shape index (κ2) is 11.4. The molecule has 0 spiro atoms. The molecule has 27 heavy (non-hydrogen) atoms. The van der Waals surface area contributed by atoms with Crippen molar-refractivity contribution in [1.29, 1.82) is 0 Å². The zero-order valence-corrected chi connectivity index (χ0v) is 14.5. The number of carboxylic acids is 1. The van der Waals surface area contributed by atoms with Gasteiger partial charge >= 0.3 is 11.7 Å². The van der Waals surface area contributed by atoms with E-state index in [9.17, 15) is 19.2 Å². The monoisotopic (exact) mass is 378 g/mol. The molecule has 146 valence electrons. The standard InChI is InChI=1S/C15H15N3O5.C2H7NO/c19-12(9-5-2-1-3-6-9)16-8-4-7-10-11(14(21)22)17-15(23)18-13(10)20;3-1-2-4/h1-3,5-6H,4,7-8H2,(H,16,19)(H,21,22)(H2,17,18,20,23);4H,1-3H2. The normalized spacial score (nSPS) is 9.85. The van der Waals surface area contributed by atoms with E-state index in [2.05, 4.69) is 10.3 Å². The number of hydrogen-bond donors (Lipinski definition) is 6. The predicted molar refractivity (Wildman–Crippen MR) is 97.9 cm³/mol. The summed E-state index contributed by atoms with van der Waals surface area (Å²) in [5.41, 5.74) is 3.24. The Bertz CT molecular complexity index is 858. The Hall–Kier alpha value is -3.24. The molecule has 0 unspecified atom stereocenters. The first-order valence-electron chi connectivity index (χ1n) is 8.13. The number of aromatic carboxylic acids is 1. The minimum absolute atomic E-state index is 0.0222. The molecule has 0 radical (unpaired) electrons. The lowest BCUT2D eigenvalue weighted by Crippen LogP contribution is -2.31. The highest BCUT2D eigenvalue weighted by Crippen LogP contribution is 2.02. The van der Waals surface area contributed by atoms with E-state index in [1.165, 1.54) is 0 Å². The zero-order valence-electron chi connectivity index (χ0n) is 14.5. The van der Waals surface area contributed by atoms with Crippen LogP contribution >= 0.6 is 0 Å². The molecule has 10 nitrogen and oxygen atoms in total. The van der Waals surface area contributed by atoms with E-state index in [0.717, 1.165) is 0 Å². The fraction of sp³-hybridized carbons (Fsp3) is 0.294. The second-order valence-electron chi connectivity index (χ2n) is 5.30. The van der Waals surface area contributed by atoms with E-state index in [-0.39, 0.29) is 31.0 Å². The van der Waals surface area contributed by atoms with E-state index in [1.807, 2.05) is 4.98 Å². The summed E-state index contributed by atoms with van der Waals surface area (Å²) in [7, 11) is 0. The van der Waals surface area contributed by atoms with Crippen LogP contribution in [0.5, 0.6) is 0 Å². The zero-order chi connectivity index (χ0) is 20.2. The lowest BCUT2D eigenvalue weighted by molar-refractivity contribution is 0.0687. The third-order valence-corrected chi connectivity index (χ3v) is 3.31. The maximum Gasteiger partial charge on any atom is 0.352 e. The van der Waals surface area contributed by atoms with Crippen LogP contribution in [0.4, 0.5) is 0 Å². The van der Waals surface area contributed by atoms with E-state index in [1.54, 1.807) is 30.3 Å². The number of amides is 1. The van der Waals surface area contributed by atoms with Gasteiger partial charge in [-0.1, -0.05) is 18.2 Å². The molecule has 0 saturated carbocycles. The number of aliphatic hydroxyl groups is 1. The van der Waals surface area contributed by atoms with Crippen molar-refractivity contribution in [3.8, 4) is 0 Å². The van der Waals surface area contributed by atoms with Crippen molar-refractivity contribution in [2.75, 3.05) is 19.7 Å². The smallest absolute Gasteiger partial charge is 0.352 e. The molecule has 1 heterocycles. The Labute approximate surface area is 154 Å². The molecule has 0 aliphatic carbocycles. The highest BCUT2D eigenvalue weighted by molar-refractivity contribution is 5.94. The summed E-state index contributed by atoms with van der Waals surface area (Å²) < 4.78 is 0. The van der Waals surface area contributed by atoms with Crippen LogP contribution < -0.4 is 22.3 Å². The van der Waals surface area contributed by atoms with Gasteiger partial charge in [0, 0.05) is 24.2 Å². The van der Waals surface area contributed by atoms with Crippen LogP contribution in [0, 0.1) is 0 Å². The number of rotatable bonds is 7. The van der Waals surface area contributed by atoms with E-state index >= 15 is 0 Å². The summed E-state index contributed by atoms with van der Waals surface area (Å²) in [5.74, 6) is -1.63. The summed E-state index contributed by atoms with van der Waals surface area (Å²) in [6.07, 6.45) is 0.469. The molecule has 1 amide bonds. The number of nitrogens with one attached hydrogen (secondary N) is 3. The Morgan fingerprint density at radius 2 is 1.74 bits per heavy atom. The van der Waals surface area contributed by atoms with Gasteiger partial charge in [-0.2, -0.15) is 0 Å². The number of aromatic nitrogens is 2. The number of aromatic amines is 2. The van der Waals surface area contributed by atoms with E-state index in [4.69, 9.17) is 15.9 Å². The third kappa shape index (κ3) is 7.26. The molecule has 1 aromatic heterocycles. The SMILES string of the molecule is NCCO.O=C(NCCCc1c(C(=O)O)[nH]c(=O)[nH]c1=O)c1ccccc1. The van der Waals surface area contributed by atoms with Crippen LogP contribution in [0.3, 0.4) is 0 Å². The molecule has 0 aliphatic rings. The van der Waals surface area contributed by atoms with Crippen molar-refractivity contribution < 1.29 is 19.8 Å². The summed E-state index contributed by atoms with van der Waals surface area (Å²) in [4.78, 5) is 49.8. The van der Waals surface area contributed by atoms with Gasteiger partial charge < -0.3 is 26.2 Å². The lowest BCUT2D eigenvalue weighted by Gasteiger charge is -2.06. The van der Waals surface area contributed by atoms with Crippen LogP contribution in [0.25, 0.3) is 0 Å². The molecular weight excluding hydrogens is 356 g/mol. The third-order valence-electron chi connectivity index (χ3n) is 3.31. The maximum absolute atomic E-state index is 11.8. The van der Waals surface area contributed by atoms with Crippen molar-refractivity contribution in [2.45, 2.75) is 12.8 Å². The van der Waals surface area contributed by atoms with Crippen molar-refractivity contribution in [2.24, 2.45) is 5.73 Å². The fourth-order valence-electron chi connectivity index (χ4n) is 2.09. The largest absolute Gasteiger partial charge is 0.477 e. The summed E-state index contributed by atoms with van der Waals surface area (Å²) >= 11 is 0. The molecule has 2 rings (SSSR count). The highest BCUT2D eigenvalue weighted by Gasteiger charge is 2.15. The topological polar surface area (TPSA) is 178 Å². The molecule has 1 aromatic carbocycles. The van der Waals surface area contributed by atoms with Crippen LogP contribution in [0.15, 0.2) is 39.9 Å². The molecule has 0 aliphatic heterocycles. The van der Waals surface area contributed by atoms with Crippen LogP contribution in [0.2, 0.25) is 0 Å². The fourth-order valence-corrected chi connectivity index (χ4v) is 2.09. The van der Waals surface area contributed by atoms with Gasteiger partial charge in [0.2, 0.25) is 0 Å². The molecule has 2 aromatic rings. The number of carbonyl (C=O) groups excluding carboxylic acids is 1. The van der Waals surface area contributed by atoms with Crippen LogP contribution in [0.1, 0.15) is 32.8 Å². The van der Waals surface area contributed by atoms with Crippen LogP contribution in [-0.4, -0.2) is 51.8 Å². The van der Waals surface area contributed by atoms with E-state index < -0.39 is 22.9 Å².